The summed E-state index contributed by atoms with van der Waals surface area (Å²) in [5.41, 5.74) is 1.24. The Labute approximate surface area is 155 Å². The molecule has 3 heteroatoms. The van der Waals surface area contributed by atoms with E-state index in [2.05, 4.69) is 67.6 Å². The van der Waals surface area contributed by atoms with Crippen LogP contribution in [-0.4, -0.2) is 19.8 Å². The highest BCUT2D eigenvalue weighted by Gasteiger charge is 2.49. The van der Waals surface area contributed by atoms with E-state index in [1.807, 2.05) is 18.9 Å². The van der Waals surface area contributed by atoms with Gasteiger partial charge in [-0.3, -0.25) is 0 Å². The van der Waals surface area contributed by atoms with E-state index >= 15 is 0 Å². The maximum atomic E-state index is 6.58. The van der Waals surface area contributed by atoms with Crippen LogP contribution in [-0.2, 0) is 14.4 Å². The summed E-state index contributed by atoms with van der Waals surface area (Å²) in [6.07, 6.45) is 4.70. The summed E-state index contributed by atoms with van der Waals surface area (Å²) in [4.78, 5) is 0.848. The standard InChI is InChI=1S/C22H28O2S/c1-3-4-15-20-21(23-2)16-17-24-22(20,18-11-7-5-8-12-18)25-19-13-9-6-10-14-19/h5-14,20-21H,3-4,15-17H2,1-2H3. The highest BCUT2D eigenvalue weighted by Crippen LogP contribution is 2.53. The van der Waals surface area contributed by atoms with Crippen molar-refractivity contribution in [2.75, 3.05) is 13.7 Å². The van der Waals surface area contributed by atoms with Gasteiger partial charge in [0, 0.05) is 17.9 Å². The van der Waals surface area contributed by atoms with E-state index < -0.39 is 4.93 Å². The minimum absolute atomic E-state index is 0.233. The maximum absolute atomic E-state index is 6.58. The van der Waals surface area contributed by atoms with Crippen LogP contribution in [0.4, 0.5) is 0 Å². The average molecular weight is 357 g/mol. The van der Waals surface area contributed by atoms with E-state index in [0.29, 0.717) is 5.92 Å². The molecular weight excluding hydrogens is 328 g/mol. The fraction of sp³-hybridized carbons (Fsp3) is 0.455. The van der Waals surface area contributed by atoms with Gasteiger partial charge in [-0.05, 0) is 30.5 Å². The molecule has 0 amide bonds. The Morgan fingerprint density at radius 2 is 1.76 bits per heavy atom. The molecule has 0 N–H and O–H groups in total. The van der Waals surface area contributed by atoms with Crippen LogP contribution < -0.4 is 0 Å². The first kappa shape index (κ1) is 18.5. The van der Waals surface area contributed by atoms with Crippen LogP contribution in [0.5, 0.6) is 0 Å². The van der Waals surface area contributed by atoms with Gasteiger partial charge in [-0.25, -0.2) is 0 Å². The molecule has 3 rings (SSSR count). The Hall–Kier alpha value is -1.29. The second kappa shape index (κ2) is 8.88. The smallest absolute Gasteiger partial charge is 0.148 e. The van der Waals surface area contributed by atoms with Crippen LogP contribution in [0.15, 0.2) is 65.6 Å². The fourth-order valence-corrected chi connectivity index (χ4v) is 5.22. The van der Waals surface area contributed by atoms with Crippen molar-refractivity contribution in [3.63, 3.8) is 0 Å². The number of hydrogen-bond acceptors (Lipinski definition) is 3. The summed E-state index contributed by atoms with van der Waals surface area (Å²) in [6, 6.07) is 21.3. The van der Waals surface area contributed by atoms with Crippen LogP contribution in [0.3, 0.4) is 0 Å². The quantitative estimate of drug-likeness (QED) is 0.618. The van der Waals surface area contributed by atoms with E-state index in [4.69, 9.17) is 9.47 Å². The number of unbranched alkanes of at least 4 members (excludes halogenated alkanes) is 1. The molecule has 0 bridgehead atoms. The molecule has 1 aliphatic heterocycles. The van der Waals surface area contributed by atoms with Gasteiger partial charge in [0.25, 0.3) is 0 Å². The molecule has 1 aliphatic rings. The van der Waals surface area contributed by atoms with Crippen LogP contribution in [0, 0.1) is 5.92 Å². The van der Waals surface area contributed by atoms with Gasteiger partial charge in [0.05, 0.1) is 12.7 Å². The fourth-order valence-electron chi connectivity index (χ4n) is 3.76. The van der Waals surface area contributed by atoms with Crippen molar-refractivity contribution >= 4 is 11.8 Å². The minimum atomic E-state index is -0.392. The minimum Gasteiger partial charge on any atom is -0.381 e. The van der Waals surface area contributed by atoms with E-state index in [-0.39, 0.29) is 6.10 Å². The van der Waals surface area contributed by atoms with Crippen LogP contribution in [0.1, 0.15) is 38.2 Å². The summed E-state index contributed by atoms with van der Waals surface area (Å²) in [6.45, 7) is 2.98. The number of benzene rings is 2. The van der Waals surface area contributed by atoms with Crippen molar-refractivity contribution in [1.82, 2.24) is 0 Å². The highest BCUT2D eigenvalue weighted by atomic mass is 32.2. The molecule has 0 aliphatic carbocycles. The number of ether oxygens (including phenoxy) is 2. The summed E-state index contributed by atoms with van der Waals surface area (Å²) < 4.78 is 12.5. The van der Waals surface area contributed by atoms with Crippen molar-refractivity contribution in [2.45, 2.75) is 48.5 Å². The van der Waals surface area contributed by atoms with Gasteiger partial charge in [0.2, 0.25) is 0 Å². The first-order chi connectivity index (χ1) is 12.3. The number of methoxy groups -OCH3 is 1. The van der Waals surface area contributed by atoms with Gasteiger partial charge in [-0.15, -0.1) is 0 Å². The molecule has 2 aromatic carbocycles. The molecule has 0 radical (unpaired) electrons. The summed E-state index contributed by atoms with van der Waals surface area (Å²) in [5, 5.41) is 0. The molecule has 0 aromatic heterocycles. The summed E-state index contributed by atoms with van der Waals surface area (Å²) in [5.74, 6) is 0.332. The number of hydrogen-bond donors (Lipinski definition) is 0. The molecule has 1 heterocycles. The normalized spacial score (nSPS) is 26.5. The monoisotopic (exact) mass is 356 g/mol. The molecule has 3 atom stereocenters. The zero-order valence-corrected chi connectivity index (χ0v) is 16.0. The van der Waals surface area contributed by atoms with Gasteiger partial charge in [-0.2, -0.15) is 0 Å². The zero-order chi connectivity index (χ0) is 17.5. The van der Waals surface area contributed by atoms with Crippen molar-refractivity contribution in [3.8, 4) is 0 Å². The Bertz CT molecular complexity index is 631. The lowest BCUT2D eigenvalue weighted by molar-refractivity contribution is -0.131. The number of thioether (sulfide) groups is 1. The van der Waals surface area contributed by atoms with Crippen molar-refractivity contribution < 1.29 is 9.47 Å². The van der Waals surface area contributed by atoms with E-state index in [0.717, 1.165) is 19.4 Å². The third-order valence-electron chi connectivity index (χ3n) is 5.02. The highest BCUT2D eigenvalue weighted by molar-refractivity contribution is 8.00. The largest absolute Gasteiger partial charge is 0.381 e. The molecular formula is C22H28O2S. The first-order valence-electron chi connectivity index (χ1n) is 9.26. The van der Waals surface area contributed by atoms with Crippen LogP contribution in [0.25, 0.3) is 0 Å². The third-order valence-corrected chi connectivity index (χ3v) is 6.48. The Kier molecular flexibility index (Phi) is 6.57. The van der Waals surface area contributed by atoms with Gasteiger partial charge in [0.1, 0.15) is 4.93 Å². The molecule has 0 saturated carbocycles. The van der Waals surface area contributed by atoms with E-state index in [1.165, 1.54) is 23.3 Å². The molecule has 0 spiro atoms. The van der Waals surface area contributed by atoms with Gasteiger partial charge in [0.15, 0.2) is 0 Å². The topological polar surface area (TPSA) is 18.5 Å². The summed E-state index contributed by atoms with van der Waals surface area (Å²) >= 11 is 1.84. The second-order valence-corrected chi connectivity index (χ2v) is 7.89. The lowest BCUT2D eigenvalue weighted by Crippen LogP contribution is -2.47. The second-order valence-electron chi connectivity index (χ2n) is 6.61. The predicted molar refractivity (Wildman–Crippen MR) is 105 cm³/mol. The predicted octanol–water partition coefficient (Wildman–Crippen LogP) is 5.87. The maximum Gasteiger partial charge on any atom is 0.148 e. The van der Waals surface area contributed by atoms with Crippen molar-refractivity contribution in [3.05, 3.63) is 66.2 Å². The molecule has 1 saturated heterocycles. The number of rotatable bonds is 7. The van der Waals surface area contributed by atoms with Crippen LogP contribution in [0.2, 0.25) is 0 Å². The van der Waals surface area contributed by atoms with Gasteiger partial charge in [-0.1, -0.05) is 80.1 Å². The van der Waals surface area contributed by atoms with E-state index in [1.54, 1.807) is 0 Å². The summed E-state index contributed by atoms with van der Waals surface area (Å²) in [7, 11) is 1.85. The molecule has 3 unspecified atom stereocenters. The lowest BCUT2D eigenvalue weighted by Gasteiger charge is -2.47. The first-order valence-corrected chi connectivity index (χ1v) is 10.1. The van der Waals surface area contributed by atoms with Crippen LogP contribution >= 0.6 is 11.8 Å². The molecule has 25 heavy (non-hydrogen) atoms. The SMILES string of the molecule is CCCCC1C(OC)CCOC1(Sc1ccccc1)c1ccccc1. The molecule has 1 fully saturated rings. The zero-order valence-electron chi connectivity index (χ0n) is 15.2. The molecule has 2 nitrogen and oxygen atoms in total. The Morgan fingerprint density at radius 1 is 1.08 bits per heavy atom. The molecule has 134 valence electrons. The third kappa shape index (κ3) is 4.11. The van der Waals surface area contributed by atoms with E-state index in [9.17, 15) is 0 Å². The van der Waals surface area contributed by atoms with Crippen molar-refractivity contribution in [1.29, 1.82) is 0 Å². The van der Waals surface area contributed by atoms with Gasteiger partial charge >= 0.3 is 0 Å². The van der Waals surface area contributed by atoms with Crippen molar-refractivity contribution in [2.24, 2.45) is 5.92 Å². The van der Waals surface area contributed by atoms with Gasteiger partial charge < -0.3 is 9.47 Å². The lowest BCUT2D eigenvalue weighted by atomic mass is 9.82. The average Bonchev–Trinajstić information content (AvgIpc) is 2.68. The Morgan fingerprint density at radius 3 is 2.40 bits per heavy atom. The Balaban J connectivity index is 2.04. The molecule has 2 aromatic rings.